The number of nitrogens with zero attached hydrogens (tertiary/aromatic N) is 1. The van der Waals surface area contributed by atoms with Gasteiger partial charge in [0.25, 0.3) is 5.91 Å². The summed E-state index contributed by atoms with van der Waals surface area (Å²) in [4.78, 5) is 29.9. The smallest absolute Gasteiger partial charge is 0.251 e. The minimum atomic E-state index is -0.153. The molecule has 2 aliphatic rings. The molecule has 1 saturated heterocycles. The van der Waals surface area contributed by atoms with E-state index in [1.807, 2.05) is 35.2 Å². The van der Waals surface area contributed by atoms with Crippen LogP contribution < -0.4 is 10.6 Å². The maximum Gasteiger partial charge on any atom is 0.251 e. The Morgan fingerprint density at radius 1 is 1.11 bits per heavy atom. The first-order chi connectivity index (χ1) is 17.1. The van der Waals surface area contributed by atoms with Gasteiger partial charge in [0.1, 0.15) is 5.82 Å². The molecule has 2 heterocycles. The Morgan fingerprint density at radius 3 is 2.83 bits per heavy atom. The summed E-state index contributed by atoms with van der Waals surface area (Å²) in [5.74, 6) is -0.0106. The minimum Gasteiger partial charge on any atom is -0.357 e. The van der Waals surface area contributed by atoms with Gasteiger partial charge in [-0.05, 0) is 80.5 Å². The van der Waals surface area contributed by atoms with E-state index in [2.05, 4.69) is 15.6 Å². The topological polar surface area (TPSA) is 77.2 Å². The van der Waals surface area contributed by atoms with Crippen LogP contribution in [0.25, 0.3) is 10.9 Å². The van der Waals surface area contributed by atoms with Crippen molar-refractivity contribution in [3.63, 3.8) is 0 Å². The Hall–Kier alpha value is -3.19. The number of hydrogen-bond acceptors (Lipinski definition) is 3. The van der Waals surface area contributed by atoms with Crippen molar-refractivity contribution in [2.24, 2.45) is 0 Å². The van der Waals surface area contributed by atoms with Gasteiger partial charge in [0.15, 0.2) is 0 Å². The lowest BCUT2D eigenvalue weighted by Crippen LogP contribution is -2.30. The van der Waals surface area contributed by atoms with E-state index in [0.29, 0.717) is 38.0 Å². The van der Waals surface area contributed by atoms with E-state index in [1.54, 1.807) is 6.07 Å². The first-order valence-corrected chi connectivity index (χ1v) is 12.8. The van der Waals surface area contributed by atoms with Gasteiger partial charge in [-0.3, -0.25) is 9.59 Å². The molecule has 5 rings (SSSR count). The number of nitrogens with one attached hydrogen (secondary N) is 3. The van der Waals surface area contributed by atoms with Gasteiger partial charge >= 0.3 is 0 Å². The standard InChI is InChI=1S/C28H33FN4O2/c29-23-8-2-1-6-19(23)13-15-30-25-9-3-7-21-22-18-20(11-12-24(22)32-27(21)25)28(35)31-14-5-17-33-16-4-10-26(33)34/h1-2,6,8,11-12,18,25,30,32H,3-5,7,9-10,13-17H2,(H,31,35). The molecule has 1 aliphatic carbocycles. The average molecular weight is 477 g/mol. The van der Waals surface area contributed by atoms with Gasteiger partial charge in [0.05, 0.1) is 0 Å². The first-order valence-electron chi connectivity index (χ1n) is 12.8. The van der Waals surface area contributed by atoms with Gasteiger partial charge in [-0.1, -0.05) is 18.2 Å². The largest absolute Gasteiger partial charge is 0.357 e. The SMILES string of the molecule is O=C(NCCCN1CCCC1=O)c1ccc2[nH]c3c(c2c1)CCCC3NCCc1ccccc1F. The fourth-order valence-electron chi connectivity index (χ4n) is 5.40. The van der Waals surface area contributed by atoms with Crippen LogP contribution in [0.4, 0.5) is 4.39 Å². The second kappa shape index (κ2) is 10.6. The highest BCUT2D eigenvalue weighted by Crippen LogP contribution is 2.35. The summed E-state index contributed by atoms with van der Waals surface area (Å²) in [6.45, 7) is 2.80. The zero-order valence-corrected chi connectivity index (χ0v) is 20.0. The molecule has 3 N–H and O–H groups in total. The van der Waals surface area contributed by atoms with Crippen molar-refractivity contribution in [1.29, 1.82) is 0 Å². The number of aromatic amines is 1. The van der Waals surface area contributed by atoms with E-state index in [1.165, 1.54) is 17.3 Å². The quantitative estimate of drug-likeness (QED) is 0.404. The highest BCUT2D eigenvalue weighted by Gasteiger charge is 2.24. The Balaban J connectivity index is 1.21. The number of rotatable bonds is 9. The summed E-state index contributed by atoms with van der Waals surface area (Å²) >= 11 is 0. The third-order valence-corrected chi connectivity index (χ3v) is 7.27. The molecule has 35 heavy (non-hydrogen) atoms. The number of fused-ring (bicyclic) bond motifs is 3. The highest BCUT2D eigenvalue weighted by atomic mass is 19.1. The number of likely N-dealkylation sites (tertiary alicyclic amines) is 1. The summed E-state index contributed by atoms with van der Waals surface area (Å²) in [6.07, 6.45) is 6.08. The Labute approximate surface area is 205 Å². The van der Waals surface area contributed by atoms with Crippen LogP contribution in [0, 0.1) is 5.82 Å². The van der Waals surface area contributed by atoms with Crippen LogP contribution in [-0.4, -0.2) is 47.9 Å². The molecule has 2 aromatic carbocycles. The minimum absolute atomic E-state index is 0.0787. The third kappa shape index (κ3) is 5.25. The Kier molecular flexibility index (Phi) is 7.13. The number of aromatic nitrogens is 1. The van der Waals surface area contributed by atoms with Crippen LogP contribution in [0.3, 0.4) is 0 Å². The first kappa shape index (κ1) is 23.5. The molecule has 0 spiro atoms. The van der Waals surface area contributed by atoms with Crippen molar-refractivity contribution in [1.82, 2.24) is 20.5 Å². The van der Waals surface area contributed by atoms with Gasteiger partial charge in [-0.2, -0.15) is 0 Å². The average Bonchev–Trinajstić information content (AvgIpc) is 3.46. The third-order valence-electron chi connectivity index (χ3n) is 7.27. The molecule has 1 unspecified atom stereocenters. The normalized spacial score (nSPS) is 17.7. The van der Waals surface area contributed by atoms with Crippen molar-refractivity contribution in [3.8, 4) is 0 Å². The molecule has 0 radical (unpaired) electrons. The molecule has 2 amide bonds. The van der Waals surface area contributed by atoms with E-state index < -0.39 is 0 Å². The number of halogens is 1. The van der Waals surface area contributed by atoms with E-state index in [4.69, 9.17) is 0 Å². The summed E-state index contributed by atoms with van der Waals surface area (Å²) in [5.41, 5.74) is 4.90. The van der Waals surface area contributed by atoms with Crippen LogP contribution >= 0.6 is 0 Å². The monoisotopic (exact) mass is 476 g/mol. The Bertz CT molecular complexity index is 1220. The lowest BCUT2D eigenvalue weighted by atomic mass is 9.91. The van der Waals surface area contributed by atoms with Gasteiger partial charge < -0.3 is 20.5 Å². The van der Waals surface area contributed by atoms with E-state index in [0.717, 1.165) is 55.1 Å². The van der Waals surface area contributed by atoms with Crippen molar-refractivity contribution < 1.29 is 14.0 Å². The molecule has 3 aromatic rings. The predicted molar refractivity (Wildman–Crippen MR) is 135 cm³/mol. The van der Waals surface area contributed by atoms with Crippen LogP contribution in [-0.2, 0) is 17.6 Å². The van der Waals surface area contributed by atoms with E-state index in [9.17, 15) is 14.0 Å². The predicted octanol–water partition coefficient (Wildman–Crippen LogP) is 4.26. The molecule has 0 bridgehead atoms. The fourth-order valence-corrected chi connectivity index (χ4v) is 5.40. The number of H-pyrrole nitrogens is 1. The van der Waals surface area contributed by atoms with E-state index >= 15 is 0 Å². The van der Waals surface area contributed by atoms with E-state index in [-0.39, 0.29) is 23.7 Å². The molecular formula is C28H33FN4O2. The molecule has 184 valence electrons. The number of carbonyl (C=O) groups is 2. The van der Waals surface area contributed by atoms with Gasteiger partial charge in [0, 0.05) is 54.3 Å². The maximum atomic E-state index is 13.9. The van der Waals surface area contributed by atoms with Crippen LogP contribution in [0.1, 0.15) is 65.3 Å². The van der Waals surface area contributed by atoms with Gasteiger partial charge in [0.2, 0.25) is 5.91 Å². The number of carbonyl (C=O) groups excluding carboxylic acids is 2. The summed E-state index contributed by atoms with van der Waals surface area (Å²) in [7, 11) is 0. The lowest BCUT2D eigenvalue weighted by Gasteiger charge is -2.24. The van der Waals surface area contributed by atoms with Gasteiger partial charge in [-0.25, -0.2) is 4.39 Å². The number of benzene rings is 2. The molecule has 1 aliphatic heterocycles. The van der Waals surface area contributed by atoms with Crippen molar-refractivity contribution in [2.75, 3.05) is 26.2 Å². The molecular weight excluding hydrogens is 443 g/mol. The summed E-state index contributed by atoms with van der Waals surface area (Å²) in [6, 6.07) is 13.0. The van der Waals surface area contributed by atoms with Crippen molar-refractivity contribution in [2.45, 2.75) is 51.0 Å². The fraction of sp³-hybridized carbons (Fsp3) is 0.429. The number of hydrogen-bond donors (Lipinski definition) is 3. The van der Waals surface area contributed by atoms with Crippen molar-refractivity contribution in [3.05, 3.63) is 70.7 Å². The molecule has 0 saturated carbocycles. The zero-order chi connectivity index (χ0) is 24.2. The van der Waals surface area contributed by atoms with Gasteiger partial charge in [-0.15, -0.1) is 0 Å². The van der Waals surface area contributed by atoms with Crippen LogP contribution in [0.15, 0.2) is 42.5 Å². The maximum absolute atomic E-state index is 13.9. The van der Waals surface area contributed by atoms with Crippen LogP contribution in [0.2, 0.25) is 0 Å². The molecule has 7 heteroatoms. The number of amides is 2. The Morgan fingerprint density at radius 2 is 2.00 bits per heavy atom. The second-order valence-electron chi connectivity index (χ2n) is 9.61. The lowest BCUT2D eigenvalue weighted by molar-refractivity contribution is -0.127. The molecule has 1 fully saturated rings. The highest BCUT2D eigenvalue weighted by molar-refractivity contribution is 5.99. The molecule has 1 aromatic heterocycles. The van der Waals surface area contributed by atoms with Crippen LogP contribution in [0.5, 0.6) is 0 Å². The molecule has 1 atom stereocenters. The number of aryl methyl sites for hydroxylation is 1. The summed E-state index contributed by atoms with van der Waals surface area (Å²) < 4.78 is 13.9. The zero-order valence-electron chi connectivity index (χ0n) is 20.0. The molecule has 6 nitrogen and oxygen atoms in total. The second-order valence-corrected chi connectivity index (χ2v) is 9.61. The summed E-state index contributed by atoms with van der Waals surface area (Å²) in [5, 5.41) is 7.72. The van der Waals surface area contributed by atoms with Crippen molar-refractivity contribution >= 4 is 22.7 Å².